The zero-order valence-electron chi connectivity index (χ0n) is 20.9. The Labute approximate surface area is 226 Å². The number of carboxylic acids is 1. The first-order chi connectivity index (χ1) is 17.4. The molecule has 4 unspecified atom stereocenters. The second-order valence-corrected chi connectivity index (χ2v) is 9.34. The Kier molecular flexibility index (Phi) is 17.7. The fourth-order valence-electron chi connectivity index (χ4n) is 2.93. The zero-order chi connectivity index (χ0) is 28.4. The van der Waals surface area contributed by atoms with Crippen LogP contribution in [-0.2, 0) is 19.2 Å². The maximum atomic E-state index is 13.0. The summed E-state index contributed by atoms with van der Waals surface area (Å²) in [7, 11) is 0. The van der Waals surface area contributed by atoms with Gasteiger partial charge in [-0.15, -0.1) is 0 Å². The Morgan fingerprint density at radius 2 is 1.27 bits per heavy atom. The number of hydrogen-bond donors (Lipinski definition) is 10. The van der Waals surface area contributed by atoms with Crippen molar-refractivity contribution in [2.24, 2.45) is 38.7 Å². The Bertz CT molecular complexity index is 806. The van der Waals surface area contributed by atoms with Crippen LogP contribution in [0.1, 0.15) is 32.1 Å². The number of amides is 3. The summed E-state index contributed by atoms with van der Waals surface area (Å²) in [6, 6.07) is -4.25. The van der Waals surface area contributed by atoms with Gasteiger partial charge in [0.1, 0.15) is 18.1 Å². The molecule has 37 heavy (non-hydrogen) atoms. The second kappa shape index (κ2) is 19.2. The van der Waals surface area contributed by atoms with Gasteiger partial charge >= 0.3 is 5.97 Å². The molecule has 4 atom stereocenters. The molecule has 0 rings (SSSR count). The molecule has 0 saturated heterocycles. The first-order valence-corrected chi connectivity index (χ1v) is 13.6. The molecule has 0 fully saturated rings. The molecule has 14 N–H and O–H groups in total. The van der Waals surface area contributed by atoms with Crippen LogP contribution < -0.4 is 44.6 Å². The van der Waals surface area contributed by atoms with Gasteiger partial charge in [0, 0.05) is 18.8 Å². The monoisotopic (exact) mass is 564 g/mol. The van der Waals surface area contributed by atoms with Gasteiger partial charge in [-0.2, -0.15) is 24.4 Å². The van der Waals surface area contributed by atoms with E-state index in [0.717, 1.165) is 0 Å². The number of hydrogen-bond acceptors (Lipinski definition) is 9. The van der Waals surface area contributed by atoms with Crippen molar-refractivity contribution in [2.75, 3.05) is 30.9 Å². The molecule has 3 amide bonds. The lowest BCUT2D eigenvalue weighted by Crippen LogP contribution is -2.57. The number of nitrogens with one attached hydrogen (secondary N) is 3. The molecule has 0 heterocycles. The van der Waals surface area contributed by atoms with Gasteiger partial charge < -0.3 is 49.7 Å². The van der Waals surface area contributed by atoms with E-state index in [9.17, 15) is 24.3 Å². The van der Waals surface area contributed by atoms with Crippen LogP contribution in [0.5, 0.6) is 0 Å². The lowest BCUT2D eigenvalue weighted by atomic mass is 10.1. The molecule has 0 aliphatic heterocycles. The number of thiol groups is 1. The summed E-state index contributed by atoms with van der Waals surface area (Å²) in [6.45, 7) is 0.364. The van der Waals surface area contributed by atoms with Crippen LogP contribution in [0, 0.1) is 0 Å². The summed E-state index contributed by atoms with van der Waals surface area (Å²) < 4.78 is 0. The Hall–Kier alpha value is -2.92. The van der Waals surface area contributed by atoms with E-state index < -0.39 is 47.9 Å². The molecule has 0 aliphatic rings. The van der Waals surface area contributed by atoms with Gasteiger partial charge in [-0.25, -0.2) is 4.79 Å². The van der Waals surface area contributed by atoms with Gasteiger partial charge in [0.05, 0.1) is 6.04 Å². The number of carbonyl (C=O) groups is 4. The van der Waals surface area contributed by atoms with E-state index in [1.54, 1.807) is 0 Å². The third-order valence-electron chi connectivity index (χ3n) is 4.92. The van der Waals surface area contributed by atoms with Crippen molar-refractivity contribution in [2.45, 2.75) is 56.3 Å². The fourth-order valence-corrected chi connectivity index (χ4v) is 3.67. The van der Waals surface area contributed by atoms with Gasteiger partial charge in [-0.3, -0.25) is 24.4 Å². The first-order valence-electron chi connectivity index (χ1n) is 11.5. The minimum absolute atomic E-state index is 0.0514. The SMILES string of the molecule is CSCCC(N)C(=O)NC(CS)C(=O)NC(CCCN=C(N)N)C(=O)NC(CCCN=C(N)N)C(=O)O. The summed E-state index contributed by atoms with van der Waals surface area (Å²) in [5.41, 5.74) is 27.0. The van der Waals surface area contributed by atoms with E-state index in [1.807, 2.05) is 6.26 Å². The molecule has 212 valence electrons. The molecular weight excluding hydrogens is 524 g/mol. The number of aliphatic imine (C=N–C) groups is 2. The van der Waals surface area contributed by atoms with Crippen LogP contribution in [0.25, 0.3) is 0 Å². The van der Waals surface area contributed by atoms with Gasteiger partial charge in [-0.1, -0.05) is 0 Å². The second-order valence-electron chi connectivity index (χ2n) is 7.99. The largest absolute Gasteiger partial charge is 0.480 e. The molecule has 0 bridgehead atoms. The molecule has 0 aromatic rings. The van der Waals surface area contributed by atoms with E-state index in [0.29, 0.717) is 25.0 Å². The lowest BCUT2D eigenvalue weighted by molar-refractivity contribution is -0.142. The van der Waals surface area contributed by atoms with Crippen LogP contribution in [-0.4, -0.2) is 95.7 Å². The van der Waals surface area contributed by atoms with Gasteiger partial charge in [0.2, 0.25) is 17.7 Å². The maximum absolute atomic E-state index is 13.0. The van der Waals surface area contributed by atoms with E-state index in [-0.39, 0.29) is 43.6 Å². The molecular formula is C20H40N10O5S2. The molecule has 15 nitrogen and oxygen atoms in total. The topological polar surface area (TPSA) is 279 Å². The van der Waals surface area contributed by atoms with Crippen LogP contribution in [0.2, 0.25) is 0 Å². The van der Waals surface area contributed by atoms with Crippen LogP contribution in [0.4, 0.5) is 0 Å². The van der Waals surface area contributed by atoms with E-state index >= 15 is 0 Å². The number of carbonyl (C=O) groups excluding carboxylic acids is 3. The van der Waals surface area contributed by atoms with E-state index in [2.05, 4.69) is 38.6 Å². The van der Waals surface area contributed by atoms with Gasteiger partial charge in [-0.05, 0) is 44.1 Å². The smallest absolute Gasteiger partial charge is 0.326 e. The molecule has 0 aromatic heterocycles. The molecule has 0 saturated carbocycles. The zero-order valence-corrected chi connectivity index (χ0v) is 22.6. The highest BCUT2D eigenvalue weighted by molar-refractivity contribution is 7.98. The molecule has 0 aromatic carbocycles. The third-order valence-corrected chi connectivity index (χ3v) is 5.93. The van der Waals surface area contributed by atoms with Crippen molar-refractivity contribution in [3.63, 3.8) is 0 Å². The number of nitrogens with two attached hydrogens (primary N) is 5. The quantitative estimate of drug-likeness (QED) is 0.0320. The summed E-state index contributed by atoms with van der Waals surface area (Å²) in [5.74, 6) is -2.84. The van der Waals surface area contributed by atoms with E-state index in [1.165, 1.54) is 11.8 Å². The van der Waals surface area contributed by atoms with Crippen molar-refractivity contribution >= 4 is 60.0 Å². The maximum Gasteiger partial charge on any atom is 0.326 e. The van der Waals surface area contributed by atoms with Crippen LogP contribution >= 0.6 is 24.4 Å². The highest BCUT2D eigenvalue weighted by Crippen LogP contribution is 2.05. The fraction of sp³-hybridized carbons (Fsp3) is 0.700. The van der Waals surface area contributed by atoms with Crippen molar-refractivity contribution < 1.29 is 24.3 Å². The normalized spacial score (nSPS) is 13.8. The number of guanidine groups is 2. The average molecular weight is 565 g/mol. The number of thioether (sulfide) groups is 1. The summed E-state index contributed by atoms with van der Waals surface area (Å²) in [6.07, 6.45) is 3.04. The molecule has 0 aliphatic carbocycles. The standard InChI is InChI=1S/C20H40N10O5S2/c1-37-9-6-11(21)15(31)30-14(10-36)17(33)28-12(4-2-7-26-19(22)23)16(32)29-13(18(34)35)5-3-8-27-20(24)25/h11-14,36H,2-10,21H2,1H3,(H,28,33)(H,29,32)(H,30,31)(H,34,35)(H4,22,23,26)(H4,24,25,27). The van der Waals surface area contributed by atoms with Crippen molar-refractivity contribution in [3.05, 3.63) is 0 Å². The lowest BCUT2D eigenvalue weighted by Gasteiger charge is -2.24. The summed E-state index contributed by atoms with van der Waals surface area (Å²) in [4.78, 5) is 57.4. The predicted octanol–water partition coefficient (Wildman–Crippen LogP) is -3.36. The van der Waals surface area contributed by atoms with E-state index in [4.69, 9.17) is 28.7 Å². The van der Waals surface area contributed by atoms with Crippen molar-refractivity contribution in [1.29, 1.82) is 0 Å². The van der Waals surface area contributed by atoms with Gasteiger partial charge in [0.25, 0.3) is 0 Å². The Morgan fingerprint density at radius 1 is 0.811 bits per heavy atom. The third kappa shape index (κ3) is 15.7. The van der Waals surface area contributed by atoms with Crippen molar-refractivity contribution in [1.82, 2.24) is 16.0 Å². The number of aliphatic carboxylic acids is 1. The Balaban J connectivity index is 5.39. The molecule has 0 spiro atoms. The highest BCUT2D eigenvalue weighted by Gasteiger charge is 2.29. The highest BCUT2D eigenvalue weighted by atomic mass is 32.2. The predicted molar refractivity (Wildman–Crippen MR) is 148 cm³/mol. The van der Waals surface area contributed by atoms with Gasteiger partial charge in [0.15, 0.2) is 11.9 Å². The van der Waals surface area contributed by atoms with Crippen LogP contribution in [0.3, 0.4) is 0 Å². The number of carboxylic acid groups (broad SMARTS) is 1. The van der Waals surface area contributed by atoms with Crippen molar-refractivity contribution in [3.8, 4) is 0 Å². The number of nitrogens with zero attached hydrogens (tertiary/aromatic N) is 2. The van der Waals surface area contributed by atoms with Crippen LogP contribution in [0.15, 0.2) is 9.98 Å². The minimum Gasteiger partial charge on any atom is -0.480 e. The minimum atomic E-state index is -1.26. The molecule has 0 radical (unpaired) electrons. The summed E-state index contributed by atoms with van der Waals surface area (Å²) >= 11 is 5.65. The average Bonchev–Trinajstić information content (AvgIpc) is 2.83. The summed E-state index contributed by atoms with van der Waals surface area (Å²) in [5, 5.41) is 17.0. The first kappa shape index (κ1) is 34.1. The Morgan fingerprint density at radius 3 is 1.73 bits per heavy atom. The molecule has 17 heteroatoms. The number of rotatable bonds is 19.